The van der Waals surface area contributed by atoms with Crippen LogP contribution in [-0.4, -0.2) is 60.9 Å². The summed E-state index contributed by atoms with van der Waals surface area (Å²) in [6.07, 6.45) is 2.12. The molecule has 0 saturated carbocycles. The van der Waals surface area contributed by atoms with E-state index in [4.69, 9.17) is 14.2 Å². The third kappa shape index (κ3) is 3.66. The minimum absolute atomic E-state index is 0. The first kappa shape index (κ1) is 19.3. The quantitative estimate of drug-likeness (QED) is 0.531. The number of likely N-dealkylation sites (N-methyl/N-ethyl adjacent to an activating group) is 1. The number of carbonyl (C=O) groups excluding carboxylic acids is 2. The summed E-state index contributed by atoms with van der Waals surface area (Å²) in [6, 6.07) is 10.0. The minimum Gasteiger partial charge on any atom is -0.465 e. The predicted octanol–water partition coefficient (Wildman–Crippen LogP) is 2.07. The number of morpholine rings is 1. The Morgan fingerprint density at radius 3 is 2.38 bits per heavy atom. The number of epoxide rings is 1. The molecule has 0 N–H and O–H groups in total. The number of rotatable bonds is 5. The lowest BCUT2D eigenvalue weighted by Gasteiger charge is -2.38. The van der Waals surface area contributed by atoms with Crippen LogP contribution in [0.25, 0.3) is 0 Å². The normalized spacial score (nSPS) is 32.8. The van der Waals surface area contributed by atoms with E-state index in [0.29, 0.717) is 24.3 Å². The molecule has 0 radical (unpaired) electrons. The fourth-order valence-corrected chi connectivity index (χ4v) is 4.23. The molecular weight excluding hydrogens is 402 g/mol. The maximum absolute atomic E-state index is 12.8. The first-order valence-electron chi connectivity index (χ1n) is 8.81. The van der Waals surface area contributed by atoms with Gasteiger partial charge in [0.25, 0.3) is 0 Å². The van der Waals surface area contributed by atoms with Gasteiger partial charge in [0, 0.05) is 31.8 Å². The number of halogens is 1. The average molecular weight is 426 g/mol. The Kier molecular flexibility index (Phi) is 5.69. The molecule has 0 aliphatic carbocycles. The third-order valence-corrected chi connectivity index (χ3v) is 5.60. The molecule has 3 aliphatic heterocycles. The second-order valence-corrected chi connectivity index (χ2v) is 7.16. The lowest BCUT2D eigenvalue weighted by atomic mass is 9.97. The molecule has 4 rings (SSSR count). The topological polar surface area (TPSA) is 68.4 Å². The van der Waals surface area contributed by atoms with Crippen LogP contribution in [-0.2, 0) is 23.8 Å². The zero-order valence-electron chi connectivity index (χ0n) is 14.9. The summed E-state index contributed by atoms with van der Waals surface area (Å²) in [5.41, 5.74) is 0.802. The predicted molar refractivity (Wildman–Crippen MR) is 99.3 cm³/mol. The molecule has 142 valence electrons. The van der Waals surface area contributed by atoms with Crippen LogP contribution in [0.1, 0.15) is 31.2 Å². The van der Waals surface area contributed by atoms with E-state index in [2.05, 4.69) is 11.9 Å². The van der Waals surface area contributed by atoms with Crippen molar-refractivity contribution in [3.05, 3.63) is 35.9 Å². The van der Waals surface area contributed by atoms with Gasteiger partial charge in [0.15, 0.2) is 0 Å². The molecule has 3 heterocycles. The summed E-state index contributed by atoms with van der Waals surface area (Å²) in [7, 11) is 2.12. The molecular formula is C19H24BrNO5. The van der Waals surface area contributed by atoms with Gasteiger partial charge in [-0.2, -0.15) is 0 Å². The summed E-state index contributed by atoms with van der Waals surface area (Å²) in [4.78, 5) is 26.3. The molecule has 0 amide bonds. The van der Waals surface area contributed by atoms with Crippen molar-refractivity contribution >= 4 is 28.9 Å². The van der Waals surface area contributed by atoms with Gasteiger partial charge in [0.2, 0.25) is 0 Å². The number of nitrogens with zero attached hydrogens (tertiary/aromatic N) is 1. The van der Waals surface area contributed by atoms with E-state index in [9.17, 15) is 9.59 Å². The molecule has 5 atom stereocenters. The van der Waals surface area contributed by atoms with Crippen molar-refractivity contribution in [1.29, 1.82) is 0 Å². The summed E-state index contributed by atoms with van der Waals surface area (Å²) < 4.78 is 16.6. The molecule has 3 fully saturated rings. The van der Waals surface area contributed by atoms with Gasteiger partial charge in [-0.15, -0.1) is 17.0 Å². The fraction of sp³-hybridized carbons (Fsp3) is 0.579. The highest BCUT2D eigenvalue weighted by atomic mass is 79.9. The molecule has 1 aromatic carbocycles. The lowest BCUT2D eigenvalue weighted by molar-refractivity contribution is -0.158. The highest BCUT2D eigenvalue weighted by molar-refractivity contribution is 8.93. The van der Waals surface area contributed by atoms with E-state index in [1.165, 1.54) is 6.92 Å². The second-order valence-electron chi connectivity index (χ2n) is 7.16. The van der Waals surface area contributed by atoms with Crippen molar-refractivity contribution in [3.63, 3.8) is 0 Å². The molecule has 1 aromatic rings. The van der Waals surface area contributed by atoms with E-state index in [-0.39, 0.29) is 35.7 Å². The number of ether oxygens (including phenoxy) is 3. The number of hydrogen-bond acceptors (Lipinski definition) is 6. The van der Waals surface area contributed by atoms with Gasteiger partial charge < -0.3 is 14.2 Å². The van der Waals surface area contributed by atoms with Gasteiger partial charge in [-0.3, -0.25) is 14.5 Å². The van der Waals surface area contributed by atoms with Crippen molar-refractivity contribution in [2.45, 2.75) is 56.1 Å². The Bertz CT molecular complexity index is 651. The highest BCUT2D eigenvalue weighted by Gasteiger charge is 2.62. The van der Waals surface area contributed by atoms with Crippen LogP contribution >= 0.6 is 17.0 Å². The number of fused-ring (bicyclic) bond motifs is 5. The van der Waals surface area contributed by atoms with E-state index in [0.717, 1.165) is 18.4 Å². The average Bonchev–Trinajstić information content (AvgIpc) is 3.34. The maximum Gasteiger partial charge on any atom is 0.317 e. The van der Waals surface area contributed by atoms with Crippen LogP contribution in [0.4, 0.5) is 0 Å². The van der Waals surface area contributed by atoms with E-state index in [1.807, 2.05) is 30.3 Å². The van der Waals surface area contributed by atoms with Gasteiger partial charge in [-0.05, 0) is 12.6 Å². The second kappa shape index (κ2) is 7.66. The van der Waals surface area contributed by atoms with Crippen LogP contribution in [0.15, 0.2) is 30.3 Å². The number of carbonyl (C=O) groups is 2. The van der Waals surface area contributed by atoms with Crippen molar-refractivity contribution in [2.75, 3.05) is 13.7 Å². The van der Waals surface area contributed by atoms with Gasteiger partial charge in [0.05, 0.1) is 0 Å². The number of esters is 2. The van der Waals surface area contributed by atoms with Gasteiger partial charge in [0.1, 0.15) is 30.8 Å². The maximum atomic E-state index is 12.8. The Morgan fingerprint density at radius 1 is 1.19 bits per heavy atom. The lowest BCUT2D eigenvalue weighted by Crippen LogP contribution is -2.48. The van der Waals surface area contributed by atoms with Gasteiger partial charge in [-0.1, -0.05) is 30.3 Å². The first-order chi connectivity index (χ1) is 12.0. The Balaban J connectivity index is 0.00000196. The zero-order chi connectivity index (χ0) is 17.6. The van der Waals surface area contributed by atoms with E-state index >= 15 is 0 Å². The standard InChI is InChI=1S/C19H23NO5.BrH/c1-11(21)23-10-14(12-6-4-3-5-7-12)19(22)24-13-8-15-17-18(25-17)16(9-13)20(15)2;/h3-7,13-18H,8-10H2,1-2H3;1H. The van der Waals surface area contributed by atoms with Gasteiger partial charge >= 0.3 is 11.9 Å². The third-order valence-electron chi connectivity index (χ3n) is 5.60. The Morgan fingerprint density at radius 2 is 1.81 bits per heavy atom. The molecule has 2 bridgehead atoms. The van der Waals surface area contributed by atoms with Crippen molar-refractivity contribution in [3.8, 4) is 0 Å². The smallest absolute Gasteiger partial charge is 0.317 e. The van der Waals surface area contributed by atoms with E-state index in [1.54, 1.807) is 0 Å². The van der Waals surface area contributed by atoms with Crippen molar-refractivity contribution in [1.82, 2.24) is 4.90 Å². The molecule has 3 aliphatic rings. The van der Waals surface area contributed by atoms with Crippen LogP contribution in [0, 0.1) is 0 Å². The van der Waals surface area contributed by atoms with Crippen LogP contribution < -0.4 is 0 Å². The zero-order valence-corrected chi connectivity index (χ0v) is 16.6. The van der Waals surface area contributed by atoms with E-state index < -0.39 is 11.9 Å². The molecule has 3 saturated heterocycles. The largest absolute Gasteiger partial charge is 0.465 e. The number of benzene rings is 1. The van der Waals surface area contributed by atoms with Crippen molar-refractivity contribution in [2.24, 2.45) is 0 Å². The molecule has 6 nitrogen and oxygen atoms in total. The Labute approximate surface area is 163 Å². The van der Waals surface area contributed by atoms with Crippen molar-refractivity contribution < 1.29 is 23.8 Å². The highest BCUT2D eigenvalue weighted by Crippen LogP contribution is 2.48. The number of hydrogen-bond donors (Lipinski definition) is 0. The molecule has 26 heavy (non-hydrogen) atoms. The first-order valence-corrected chi connectivity index (χ1v) is 8.81. The summed E-state index contributed by atoms with van der Waals surface area (Å²) in [6.45, 7) is 1.35. The Hall–Kier alpha value is -1.44. The molecule has 0 aromatic heterocycles. The number of piperidine rings is 1. The summed E-state index contributed by atoms with van der Waals surface area (Å²) in [5.74, 6) is -1.31. The minimum atomic E-state index is -0.590. The van der Waals surface area contributed by atoms with Crippen LogP contribution in [0.2, 0.25) is 0 Å². The molecule has 0 spiro atoms. The van der Waals surface area contributed by atoms with Crippen LogP contribution in [0.3, 0.4) is 0 Å². The fourth-order valence-electron chi connectivity index (χ4n) is 4.23. The summed E-state index contributed by atoms with van der Waals surface area (Å²) in [5, 5.41) is 0. The molecule has 7 heteroatoms. The van der Waals surface area contributed by atoms with Crippen LogP contribution in [0.5, 0.6) is 0 Å². The summed E-state index contributed by atoms with van der Waals surface area (Å²) >= 11 is 0. The monoisotopic (exact) mass is 425 g/mol. The molecule has 5 unspecified atom stereocenters. The van der Waals surface area contributed by atoms with Gasteiger partial charge in [-0.25, -0.2) is 0 Å². The SMILES string of the molecule is Br.CC(=O)OCC(C(=O)OC1CC2C3OC3C(C1)N2C)c1ccccc1.